The summed E-state index contributed by atoms with van der Waals surface area (Å²) in [6, 6.07) is 1.67. The van der Waals surface area contributed by atoms with Gasteiger partial charge in [-0.25, -0.2) is 13.2 Å². The third-order valence-corrected chi connectivity index (χ3v) is 1.80. The number of benzene rings is 1. The molecular weight excluding hydrogens is 205 g/mol. The maximum atomic E-state index is 12.9. The molecule has 0 heterocycles. The molecule has 5 heteroatoms. The predicted octanol–water partition coefficient (Wildman–Crippen LogP) is 2.77. The van der Waals surface area contributed by atoms with Crippen LogP contribution in [0.2, 0.25) is 5.02 Å². The van der Waals surface area contributed by atoms with Crippen molar-refractivity contribution in [3.8, 4) is 0 Å². The monoisotopic (exact) mass is 208 g/mol. The van der Waals surface area contributed by atoms with Crippen molar-refractivity contribution in [1.29, 1.82) is 0 Å². The van der Waals surface area contributed by atoms with Gasteiger partial charge in [-0.1, -0.05) is 11.6 Å². The number of Topliss-reactive ketones (excluding diaryl/α,β-unsaturated/α-hetero) is 1. The topological polar surface area (TPSA) is 17.1 Å². The van der Waals surface area contributed by atoms with E-state index in [2.05, 4.69) is 0 Å². The van der Waals surface area contributed by atoms with Crippen LogP contribution in [0.3, 0.4) is 0 Å². The second-order valence-electron chi connectivity index (χ2n) is 2.28. The van der Waals surface area contributed by atoms with Crippen LogP contribution in [0.4, 0.5) is 13.2 Å². The Morgan fingerprint density at radius 3 is 2.54 bits per heavy atom. The molecule has 0 aliphatic heterocycles. The summed E-state index contributed by atoms with van der Waals surface area (Å²) in [6.45, 7) is -1.33. The molecule has 1 nitrogen and oxygen atoms in total. The van der Waals surface area contributed by atoms with Crippen molar-refractivity contribution in [1.82, 2.24) is 0 Å². The van der Waals surface area contributed by atoms with E-state index in [1.807, 2.05) is 0 Å². The number of alkyl halides is 1. The number of hydrogen-bond acceptors (Lipinski definition) is 1. The fourth-order valence-electron chi connectivity index (χ4n) is 0.813. The maximum absolute atomic E-state index is 12.9. The summed E-state index contributed by atoms with van der Waals surface area (Å²) >= 11 is 5.16. The maximum Gasteiger partial charge on any atom is 0.196 e. The number of halogens is 4. The van der Waals surface area contributed by atoms with E-state index in [9.17, 15) is 18.0 Å². The Morgan fingerprint density at radius 1 is 1.38 bits per heavy atom. The van der Waals surface area contributed by atoms with Crippen LogP contribution in [-0.4, -0.2) is 12.5 Å². The van der Waals surface area contributed by atoms with Gasteiger partial charge in [-0.2, -0.15) is 0 Å². The summed E-state index contributed by atoms with van der Waals surface area (Å²) in [5, 5.41) is -0.792. The number of hydrogen-bond donors (Lipinski definition) is 0. The average Bonchev–Trinajstić information content (AvgIpc) is 2.13. The molecule has 0 fully saturated rings. The molecule has 70 valence electrons. The molecule has 0 N–H and O–H groups in total. The highest BCUT2D eigenvalue weighted by Crippen LogP contribution is 2.22. The highest BCUT2D eigenvalue weighted by atomic mass is 35.5. The zero-order valence-electron chi connectivity index (χ0n) is 6.28. The minimum absolute atomic E-state index is 0.533. The van der Waals surface area contributed by atoms with E-state index in [1.54, 1.807) is 0 Å². The third-order valence-electron chi connectivity index (χ3n) is 1.46. The number of ketones is 1. The fraction of sp³-hybridized carbons (Fsp3) is 0.125. The quantitative estimate of drug-likeness (QED) is 0.540. The Kier molecular flexibility index (Phi) is 2.93. The van der Waals surface area contributed by atoms with Gasteiger partial charge in [0.15, 0.2) is 18.3 Å². The van der Waals surface area contributed by atoms with Crippen LogP contribution in [0.15, 0.2) is 12.1 Å². The van der Waals surface area contributed by atoms with Crippen LogP contribution in [0.25, 0.3) is 0 Å². The summed E-state index contributed by atoms with van der Waals surface area (Å²) in [6.07, 6.45) is 0. The molecule has 1 rings (SSSR count). The van der Waals surface area contributed by atoms with Gasteiger partial charge in [0, 0.05) is 0 Å². The summed E-state index contributed by atoms with van der Waals surface area (Å²) < 4.78 is 37.3. The van der Waals surface area contributed by atoms with Crippen molar-refractivity contribution >= 4 is 17.4 Å². The van der Waals surface area contributed by atoms with E-state index in [0.717, 1.165) is 12.1 Å². The van der Waals surface area contributed by atoms with Crippen molar-refractivity contribution in [3.63, 3.8) is 0 Å². The molecule has 0 amide bonds. The van der Waals surface area contributed by atoms with Crippen LogP contribution in [-0.2, 0) is 0 Å². The van der Waals surface area contributed by atoms with E-state index in [4.69, 9.17) is 11.6 Å². The highest BCUT2D eigenvalue weighted by Gasteiger charge is 2.16. The first-order valence-corrected chi connectivity index (χ1v) is 3.68. The Balaban J connectivity index is 3.26. The molecule has 0 saturated heterocycles. The molecule has 0 spiro atoms. The van der Waals surface area contributed by atoms with E-state index in [0.29, 0.717) is 0 Å². The molecular formula is C8H4ClF3O. The lowest BCUT2D eigenvalue weighted by Crippen LogP contribution is -2.05. The van der Waals surface area contributed by atoms with Gasteiger partial charge < -0.3 is 0 Å². The van der Waals surface area contributed by atoms with Crippen LogP contribution >= 0.6 is 11.6 Å². The van der Waals surface area contributed by atoms with Gasteiger partial charge in [0.25, 0.3) is 0 Å². The lowest BCUT2D eigenvalue weighted by molar-refractivity contribution is 0.0954. The first kappa shape index (κ1) is 10.1. The van der Waals surface area contributed by atoms with Crippen LogP contribution < -0.4 is 0 Å². The van der Waals surface area contributed by atoms with Crippen molar-refractivity contribution in [2.45, 2.75) is 0 Å². The third kappa shape index (κ3) is 1.83. The average molecular weight is 209 g/mol. The number of carbonyl (C=O) groups excluding carboxylic acids is 1. The zero-order chi connectivity index (χ0) is 10.0. The Labute approximate surface area is 77.1 Å². The van der Waals surface area contributed by atoms with Crippen LogP contribution in [0, 0.1) is 11.6 Å². The van der Waals surface area contributed by atoms with Gasteiger partial charge in [-0.15, -0.1) is 0 Å². The fourth-order valence-corrected chi connectivity index (χ4v) is 0.978. The smallest absolute Gasteiger partial charge is 0.196 e. The van der Waals surface area contributed by atoms with Gasteiger partial charge in [0.1, 0.15) is 10.8 Å². The van der Waals surface area contributed by atoms with E-state index < -0.39 is 34.7 Å². The lowest BCUT2D eigenvalue weighted by Gasteiger charge is -2.01. The minimum Gasteiger partial charge on any atom is -0.291 e. The summed E-state index contributed by atoms with van der Waals surface area (Å²) in [4.78, 5) is 10.7. The standard InChI is InChI=1S/C8H4ClF3O/c9-7-5(11)2-1-4(8(7)12)6(13)3-10/h1-2H,3H2. The predicted molar refractivity (Wildman–Crippen MR) is 41.7 cm³/mol. The molecule has 0 saturated carbocycles. The Bertz CT molecular complexity index is 351. The zero-order valence-corrected chi connectivity index (χ0v) is 7.04. The van der Waals surface area contributed by atoms with Crippen molar-refractivity contribution in [2.24, 2.45) is 0 Å². The molecule has 0 unspecified atom stereocenters. The van der Waals surface area contributed by atoms with Gasteiger partial charge >= 0.3 is 0 Å². The molecule has 1 aromatic rings. The molecule has 0 bridgehead atoms. The van der Waals surface area contributed by atoms with Gasteiger partial charge in [0.05, 0.1) is 5.56 Å². The lowest BCUT2D eigenvalue weighted by atomic mass is 10.1. The van der Waals surface area contributed by atoms with Gasteiger partial charge in [-0.05, 0) is 12.1 Å². The molecule has 0 aliphatic carbocycles. The van der Waals surface area contributed by atoms with Crippen molar-refractivity contribution in [3.05, 3.63) is 34.4 Å². The van der Waals surface area contributed by atoms with E-state index in [1.165, 1.54) is 0 Å². The molecule has 0 aromatic heterocycles. The summed E-state index contributed by atoms with van der Waals surface area (Å²) in [5.74, 6) is -3.25. The van der Waals surface area contributed by atoms with Crippen LogP contribution in [0.5, 0.6) is 0 Å². The molecule has 0 aliphatic rings. The highest BCUT2D eigenvalue weighted by molar-refractivity contribution is 6.31. The minimum atomic E-state index is -1.33. The normalized spacial score (nSPS) is 10.2. The Hall–Kier alpha value is -1.03. The summed E-state index contributed by atoms with van der Waals surface area (Å²) in [7, 11) is 0. The molecule has 1 aromatic carbocycles. The number of carbonyl (C=O) groups is 1. The molecule has 0 atom stereocenters. The first-order chi connectivity index (χ1) is 6.07. The SMILES string of the molecule is O=C(CF)c1ccc(F)c(Cl)c1F. The summed E-state index contributed by atoms with van der Waals surface area (Å²) in [5.41, 5.74) is -0.533. The number of rotatable bonds is 2. The molecule has 13 heavy (non-hydrogen) atoms. The van der Waals surface area contributed by atoms with Crippen molar-refractivity contribution < 1.29 is 18.0 Å². The molecule has 0 radical (unpaired) electrons. The van der Waals surface area contributed by atoms with E-state index in [-0.39, 0.29) is 0 Å². The second-order valence-corrected chi connectivity index (χ2v) is 2.66. The van der Waals surface area contributed by atoms with Gasteiger partial charge in [-0.3, -0.25) is 4.79 Å². The Morgan fingerprint density at radius 2 is 2.00 bits per heavy atom. The second kappa shape index (κ2) is 3.79. The van der Waals surface area contributed by atoms with Crippen LogP contribution in [0.1, 0.15) is 10.4 Å². The largest absolute Gasteiger partial charge is 0.291 e. The first-order valence-electron chi connectivity index (χ1n) is 3.30. The van der Waals surface area contributed by atoms with E-state index >= 15 is 0 Å². The van der Waals surface area contributed by atoms with Crippen molar-refractivity contribution in [2.75, 3.05) is 6.67 Å². The van der Waals surface area contributed by atoms with Gasteiger partial charge in [0.2, 0.25) is 0 Å².